The standard InChI is InChI=1S/C19H26F2N2O2/c20-19(21)9-7-15(13-5-3-1-2-4-6-13)16(12-19)18(25)23-14-8-10-22-17(24)11-14/h8,10-11,13,15-16H,1-7,9,12H2,(H2,22,23,24,25). The molecule has 2 aliphatic carbocycles. The van der Waals surface area contributed by atoms with Crippen LogP contribution >= 0.6 is 0 Å². The molecule has 2 unspecified atom stereocenters. The van der Waals surface area contributed by atoms with Crippen molar-refractivity contribution in [2.75, 3.05) is 5.32 Å². The first-order chi connectivity index (χ1) is 11.9. The highest BCUT2D eigenvalue weighted by Gasteiger charge is 2.46. The molecule has 25 heavy (non-hydrogen) atoms. The summed E-state index contributed by atoms with van der Waals surface area (Å²) in [5, 5.41) is 2.68. The first-order valence-corrected chi connectivity index (χ1v) is 9.32. The number of alkyl halides is 2. The zero-order valence-electron chi connectivity index (χ0n) is 14.4. The van der Waals surface area contributed by atoms with Crippen molar-refractivity contribution in [2.24, 2.45) is 17.8 Å². The van der Waals surface area contributed by atoms with E-state index >= 15 is 0 Å². The number of carbonyl (C=O) groups is 1. The zero-order valence-corrected chi connectivity index (χ0v) is 14.4. The van der Waals surface area contributed by atoms with Crippen LogP contribution in [0.25, 0.3) is 0 Å². The Morgan fingerprint density at radius 3 is 2.56 bits per heavy atom. The molecular weight excluding hydrogens is 326 g/mol. The molecule has 0 spiro atoms. The number of carbonyl (C=O) groups excluding carboxylic acids is 1. The van der Waals surface area contributed by atoms with E-state index < -0.39 is 11.8 Å². The number of H-pyrrole nitrogens is 1. The van der Waals surface area contributed by atoms with Crippen LogP contribution in [-0.4, -0.2) is 16.8 Å². The lowest BCUT2D eigenvalue weighted by atomic mass is 9.68. The average Bonchev–Trinajstić information content (AvgIpc) is 2.83. The molecule has 2 fully saturated rings. The lowest BCUT2D eigenvalue weighted by Crippen LogP contribution is -2.42. The molecule has 0 aromatic carbocycles. The van der Waals surface area contributed by atoms with Crippen molar-refractivity contribution >= 4 is 11.6 Å². The third kappa shape index (κ3) is 4.67. The van der Waals surface area contributed by atoms with Crippen molar-refractivity contribution in [1.82, 2.24) is 4.98 Å². The van der Waals surface area contributed by atoms with Crippen LogP contribution in [-0.2, 0) is 4.79 Å². The second-order valence-electron chi connectivity index (χ2n) is 7.55. The summed E-state index contributed by atoms with van der Waals surface area (Å²) in [5.41, 5.74) is 0.0364. The maximum atomic E-state index is 14.0. The van der Waals surface area contributed by atoms with Gasteiger partial charge < -0.3 is 10.3 Å². The molecule has 1 heterocycles. The Labute approximate surface area is 146 Å². The molecule has 138 valence electrons. The molecular formula is C19H26F2N2O2. The highest BCUT2D eigenvalue weighted by atomic mass is 19.3. The molecule has 6 heteroatoms. The number of nitrogens with one attached hydrogen (secondary N) is 2. The highest BCUT2D eigenvalue weighted by Crippen LogP contribution is 2.46. The van der Waals surface area contributed by atoms with E-state index in [0.717, 1.165) is 25.7 Å². The second kappa shape index (κ2) is 7.67. The third-order valence-corrected chi connectivity index (χ3v) is 5.76. The van der Waals surface area contributed by atoms with E-state index in [0.29, 0.717) is 18.0 Å². The van der Waals surface area contributed by atoms with E-state index in [1.54, 1.807) is 6.07 Å². The summed E-state index contributed by atoms with van der Waals surface area (Å²) in [5.74, 6) is -3.48. The Kier molecular flexibility index (Phi) is 5.54. The van der Waals surface area contributed by atoms with Gasteiger partial charge in [0, 0.05) is 36.7 Å². The van der Waals surface area contributed by atoms with Gasteiger partial charge in [0.25, 0.3) is 0 Å². The Hall–Kier alpha value is -1.72. The van der Waals surface area contributed by atoms with Crippen molar-refractivity contribution in [3.63, 3.8) is 0 Å². The van der Waals surface area contributed by atoms with Gasteiger partial charge in [0.1, 0.15) is 0 Å². The summed E-state index contributed by atoms with van der Waals surface area (Å²) in [6, 6.07) is 2.85. The molecule has 2 saturated carbocycles. The van der Waals surface area contributed by atoms with Gasteiger partial charge in [-0.1, -0.05) is 38.5 Å². The first-order valence-electron chi connectivity index (χ1n) is 9.32. The van der Waals surface area contributed by atoms with Gasteiger partial charge in [-0.15, -0.1) is 0 Å². The zero-order chi connectivity index (χ0) is 17.9. The van der Waals surface area contributed by atoms with Crippen LogP contribution in [0.1, 0.15) is 57.8 Å². The van der Waals surface area contributed by atoms with E-state index in [1.807, 2.05) is 0 Å². The number of rotatable bonds is 3. The molecule has 0 radical (unpaired) electrons. The third-order valence-electron chi connectivity index (χ3n) is 5.76. The van der Waals surface area contributed by atoms with Crippen LogP contribution in [0.4, 0.5) is 14.5 Å². The molecule has 1 amide bonds. The number of aromatic nitrogens is 1. The molecule has 2 aliphatic rings. The quantitative estimate of drug-likeness (QED) is 0.795. The second-order valence-corrected chi connectivity index (χ2v) is 7.55. The van der Waals surface area contributed by atoms with Gasteiger partial charge >= 0.3 is 0 Å². The van der Waals surface area contributed by atoms with Crippen molar-refractivity contribution in [3.05, 3.63) is 28.7 Å². The van der Waals surface area contributed by atoms with Crippen molar-refractivity contribution in [1.29, 1.82) is 0 Å². The van der Waals surface area contributed by atoms with Crippen LogP contribution in [0.5, 0.6) is 0 Å². The Morgan fingerprint density at radius 1 is 1.16 bits per heavy atom. The molecule has 1 aromatic heterocycles. The smallest absolute Gasteiger partial charge is 0.249 e. The maximum absolute atomic E-state index is 14.0. The Balaban J connectivity index is 1.77. The lowest BCUT2D eigenvalue weighted by molar-refractivity contribution is -0.134. The maximum Gasteiger partial charge on any atom is 0.249 e. The minimum absolute atomic E-state index is 0.0136. The molecule has 0 aliphatic heterocycles. The minimum atomic E-state index is -2.78. The van der Waals surface area contributed by atoms with Gasteiger partial charge in [0.2, 0.25) is 17.4 Å². The average molecular weight is 352 g/mol. The van der Waals surface area contributed by atoms with Crippen molar-refractivity contribution < 1.29 is 13.6 Å². The van der Waals surface area contributed by atoms with Crippen LogP contribution in [0.2, 0.25) is 0 Å². The number of aromatic amines is 1. The fourth-order valence-electron chi connectivity index (χ4n) is 4.50. The van der Waals surface area contributed by atoms with Crippen molar-refractivity contribution in [3.8, 4) is 0 Å². The van der Waals surface area contributed by atoms with Gasteiger partial charge in [-0.05, 0) is 24.3 Å². The lowest BCUT2D eigenvalue weighted by Gasteiger charge is -2.39. The summed E-state index contributed by atoms with van der Waals surface area (Å²) in [6.07, 6.45) is 8.05. The molecule has 0 saturated heterocycles. The summed E-state index contributed by atoms with van der Waals surface area (Å²) in [7, 11) is 0. The van der Waals surface area contributed by atoms with Crippen LogP contribution in [0.15, 0.2) is 23.1 Å². The number of hydrogen-bond donors (Lipinski definition) is 2. The van der Waals surface area contributed by atoms with E-state index in [4.69, 9.17) is 0 Å². The topological polar surface area (TPSA) is 62.0 Å². The van der Waals surface area contributed by atoms with Crippen LogP contribution < -0.4 is 10.9 Å². The van der Waals surface area contributed by atoms with E-state index in [9.17, 15) is 18.4 Å². The molecule has 3 rings (SSSR count). The number of hydrogen-bond acceptors (Lipinski definition) is 2. The predicted octanol–water partition coefficient (Wildman–Crippen LogP) is 4.34. The number of amides is 1. The highest BCUT2D eigenvalue weighted by molar-refractivity contribution is 5.92. The van der Waals surface area contributed by atoms with Gasteiger partial charge in [0.05, 0.1) is 0 Å². The number of halogens is 2. The van der Waals surface area contributed by atoms with Gasteiger partial charge in [-0.25, -0.2) is 8.78 Å². The fourth-order valence-corrected chi connectivity index (χ4v) is 4.50. The normalized spacial score (nSPS) is 27.4. The number of pyridine rings is 1. The number of anilines is 1. The molecule has 1 aromatic rings. The SMILES string of the molecule is O=C(Nc1cc[nH]c(=O)c1)C1CC(F)(F)CCC1C1CCCCCC1. The Bertz CT molecular complexity index is 651. The monoisotopic (exact) mass is 352 g/mol. The van der Waals surface area contributed by atoms with Crippen LogP contribution in [0.3, 0.4) is 0 Å². The van der Waals surface area contributed by atoms with Crippen molar-refractivity contribution in [2.45, 2.75) is 63.7 Å². The fraction of sp³-hybridized carbons (Fsp3) is 0.684. The van der Waals surface area contributed by atoms with Gasteiger partial charge in [0.15, 0.2) is 0 Å². The van der Waals surface area contributed by atoms with Gasteiger partial charge in [-0.2, -0.15) is 0 Å². The Morgan fingerprint density at radius 2 is 1.88 bits per heavy atom. The minimum Gasteiger partial charge on any atom is -0.329 e. The summed E-state index contributed by atoms with van der Waals surface area (Å²) < 4.78 is 28.0. The molecule has 4 nitrogen and oxygen atoms in total. The van der Waals surface area contributed by atoms with Crippen LogP contribution in [0, 0.1) is 17.8 Å². The largest absolute Gasteiger partial charge is 0.329 e. The van der Waals surface area contributed by atoms with E-state index in [1.165, 1.54) is 25.1 Å². The summed E-state index contributed by atoms with van der Waals surface area (Å²) in [4.78, 5) is 26.6. The van der Waals surface area contributed by atoms with Gasteiger partial charge in [-0.3, -0.25) is 9.59 Å². The predicted molar refractivity (Wildman–Crippen MR) is 92.7 cm³/mol. The molecule has 0 bridgehead atoms. The van der Waals surface area contributed by atoms with E-state index in [-0.39, 0.29) is 30.2 Å². The van der Waals surface area contributed by atoms with E-state index in [2.05, 4.69) is 10.3 Å². The molecule has 2 atom stereocenters. The summed E-state index contributed by atoms with van der Waals surface area (Å²) in [6.45, 7) is 0. The first kappa shape index (κ1) is 18.1. The molecule has 2 N–H and O–H groups in total. The summed E-state index contributed by atoms with van der Waals surface area (Å²) >= 11 is 0.